The molecule has 31 heavy (non-hydrogen) atoms. The van der Waals surface area contributed by atoms with E-state index in [4.69, 9.17) is 0 Å². The van der Waals surface area contributed by atoms with Crippen LogP contribution in [0.3, 0.4) is 0 Å². The van der Waals surface area contributed by atoms with Crippen LogP contribution >= 0.6 is 0 Å². The van der Waals surface area contributed by atoms with Crippen LogP contribution in [0.4, 0.5) is 4.39 Å². The van der Waals surface area contributed by atoms with Crippen LogP contribution in [0.25, 0.3) is 33.5 Å². The molecule has 1 aromatic carbocycles. The van der Waals surface area contributed by atoms with E-state index in [0.717, 1.165) is 11.1 Å². The van der Waals surface area contributed by atoms with Gasteiger partial charge < -0.3 is 0 Å². The van der Waals surface area contributed by atoms with E-state index in [1.54, 1.807) is 30.5 Å². The summed E-state index contributed by atoms with van der Waals surface area (Å²) in [5.41, 5.74) is 3.82. The van der Waals surface area contributed by atoms with Crippen molar-refractivity contribution >= 4 is 21.1 Å². The van der Waals surface area contributed by atoms with Crippen molar-refractivity contribution in [1.29, 1.82) is 0 Å². The highest BCUT2D eigenvalue weighted by molar-refractivity contribution is 7.88. The number of rotatable bonds is 4. The molecule has 3 aromatic heterocycles. The molecule has 1 aliphatic heterocycles. The molecule has 10 heteroatoms. The molecule has 0 aliphatic carbocycles. The summed E-state index contributed by atoms with van der Waals surface area (Å²) in [6.45, 7) is 0.967. The zero-order chi connectivity index (χ0) is 21.6. The Labute approximate surface area is 178 Å². The van der Waals surface area contributed by atoms with Crippen LogP contribution in [0.1, 0.15) is 18.9 Å². The first kappa shape index (κ1) is 19.8. The van der Waals surface area contributed by atoms with E-state index >= 15 is 0 Å². The minimum atomic E-state index is -3.16. The number of fused-ring (bicyclic) bond motifs is 1. The van der Waals surface area contributed by atoms with Gasteiger partial charge in [0.2, 0.25) is 10.0 Å². The third-order valence-corrected chi connectivity index (χ3v) is 7.00. The normalized spacial score (nSPS) is 16.2. The summed E-state index contributed by atoms with van der Waals surface area (Å²) in [6, 6.07) is 10.3. The molecule has 5 rings (SSSR count). The average Bonchev–Trinajstić information content (AvgIpc) is 3.40. The van der Waals surface area contributed by atoms with Gasteiger partial charge in [0.05, 0.1) is 29.7 Å². The van der Waals surface area contributed by atoms with Crippen LogP contribution in [0.2, 0.25) is 0 Å². The van der Waals surface area contributed by atoms with Gasteiger partial charge in [-0.2, -0.15) is 10.2 Å². The minimum absolute atomic E-state index is 0.124. The maximum Gasteiger partial charge on any atom is 0.211 e. The van der Waals surface area contributed by atoms with Crippen molar-refractivity contribution in [3.8, 4) is 22.5 Å². The fourth-order valence-electron chi connectivity index (χ4n) is 4.02. The van der Waals surface area contributed by atoms with Gasteiger partial charge in [0, 0.05) is 30.4 Å². The van der Waals surface area contributed by atoms with Gasteiger partial charge in [0.15, 0.2) is 0 Å². The Morgan fingerprint density at radius 3 is 2.65 bits per heavy atom. The quantitative estimate of drug-likeness (QED) is 0.526. The van der Waals surface area contributed by atoms with Crippen molar-refractivity contribution < 1.29 is 12.8 Å². The van der Waals surface area contributed by atoms with Crippen molar-refractivity contribution in [3.63, 3.8) is 0 Å². The Kier molecular flexibility index (Phi) is 4.82. The van der Waals surface area contributed by atoms with Gasteiger partial charge in [-0.15, -0.1) is 0 Å². The van der Waals surface area contributed by atoms with Crippen LogP contribution in [0.5, 0.6) is 0 Å². The average molecular weight is 441 g/mol. The summed E-state index contributed by atoms with van der Waals surface area (Å²) in [6.07, 6.45) is 6.28. The molecule has 8 nitrogen and oxygen atoms in total. The molecular formula is C21H21FN6O2S. The van der Waals surface area contributed by atoms with Gasteiger partial charge in [0.25, 0.3) is 0 Å². The number of aromatic nitrogens is 5. The fourth-order valence-corrected chi connectivity index (χ4v) is 4.89. The number of halogens is 1. The first-order valence-corrected chi connectivity index (χ1v) is 11.8. The highest BCUT2D eigenvalue weighted by atomic mass is 32.2. The number of pyridine rings is 1. The Morgan fingerprint density at radius 2 is 1.90 bits per heavy atom. The van der Waals surface area contributed by atoms with Crippen LogP contribution in [0.15, 0.2) is 48.8 Å². The number of nitrogens with zero attached hydrogens (tertiary/aromatic N) is 5. The van der Waals surface area contributed by atoms with Crippen molar-refractivity contribution in [3.05, 3.63) is 54.6 Å². The molecule has 160 valence electrons. The van der Waals surface area contributed by atoms with Crippen LogP contribution in [-0.4, -0.2) is 57.0 Å². The second-order valence-corrected chi connectivity index (χ2v) is 9.73. The number of benzene rings is 1. The molecule has 0 spiro atoms. The van der Waals surface area contributed by atoms with Gasteiger partial charge in [0.1, 0.15) is 17.0 Å². The topological polar surface area (TPSA) is 96.8 Å². The molecular weight excluding hydrogens is 419 g/mol. The lowest BCUT2D eigenvalue weighted by Crippen LogP contribution is -2.38. The van der Waals surface area contributed by atoms with Crippen molar-refractivity contribution in [2.45, 2.75) is 18.9 Å². The van der Waals surface area contributed by atoms with E-state index in [-0.39, 0.29) is 11.9 Å². The fraction of sp³-hybridized carbons (Fsp3) is 0.286. The third-order valence-electron chi connectivity index (χ3n) is 5.70. The lowest BCUT2D eigenvalue weighted by molar-refractivity contribution is 0.262. The van der Waals surface area contributed by atoms with Crippen molar-refractivity contribution in [2.24, 2.45) is 0 Å². The molecule has 0 amide bonds. The van der Waals surface area contributed by atoms with E-state index in [1.807, 2.05) is 16.9 Å². The smallest absolute Gasteiger partial charge is 0.211 e. The molecule has 4 heterocycles. The van der Waals surface area contributed by atoms with Gasteiger partial charge in [-0.05, 0) is 37.1 Å². The first-order chi connectivity index (χ1) is 14.9. The van der Waals surface area contributed by atoms with Gasteiger partial charge in [-0.25, -0.2) is 22.1 Å². The maximum atomic E-state index is 14.2. The predicted molar refractivity (Wildman–Crippen MR) is 115 cm³/mol. The van der Waals surface area contributed by atoms with Crippen LogP contribution in [-0.2, 0) is 10.0 Å². The molecule has 1 saturated heterocycles. The Hall–Kier alpha value is -3.11. The van der Waals surface area contributed by atoms with E-state index in [1.165, 1.54) is 16.6 Å². The number of sulfonamides is 1. The number of hydrogen-bond donors (Lipinski definition) is 1. The number of piperidine rings is 1. The van der Waals surface area contributed by atoms with Crippen LogP contribution in [0, 0.1) is 5.82 Å². The van der Waals surface area contributed by atoms with Gasteiger partial charge >= 0.3 is 0 Å². The summed E-state index contributed by atoms with van der Waals surface area (Å²) in [4.78, 5) is 4.66. The number of hydrogen-bond acceptors (Lipinski definition) is 5. The van der Waals surface area contributed by atoms with Crippen molar-refractivity contribution in [1.82, 2.24) is 29.3 Å². The van der Waals surface area contributed by atoms with Crippen LogP contribution < -0.4 is 0 Å². The Balaban J connectivity index is 1.44. The summed E-state index contributed by atoms with van der Waals surface area (Å²) < 4.78 is 41.0. The van der Waals surface area contributed by atoms with Crippen molar-refractivity contribution in [2.75, 3.05) is 19.3 Å². The number of aromatic amines is 1. The molecule has 0 atom stereocenters. The summed E-state index contributed by atoms with van der Waals surface area (Å²) in [5, 5.41) is 11.9. The summed E-state index contributed by atoms with van der Waals surface area (Å²) >= 11 is 0. The molecule has 1 fully saturated rings. The van der Waals surface area contributed by atoms with E-state index < -0.39 is 10.0 Å². The van der Waals surface area contributed by atoms with E-state index in [9.17, 15) is 12.8 Å². The van der Waals surface area contributed by atoms with E-state index in [0.29, 0.717) is 48.4 Å². The Bertz CT molecular complexity index is 1360. The lowest BCUT2D eigenvalue weighted by atomic mass is 10.1. The highest BCUT2D eigenvalue weighted by Gasteiger charge is 2.26. The molecule has 0 unspecified atom stereocenters. The second kappa shape index (κ2) is 7.54. The predicted octanol–water partition coefficient (Wildman–Crippen LogP) is 3.22. The summed E-state index contributed by atoms with van der Waals surface area (Å²) in [5.74, 6) is -0.326. The summed E-state index contributed by atoms with van der Waals surface area (Å²) in [7, 11) is -3.16. The monoisotopic (exact) mass is 440 g/mol. The molecule has 0 saturated carbocycles. The number of H-pyrrole nitrogens is 1. The zero-order valence-electron chi connectivity index (χ0n) is 16.9. The SMILES string of the molecule is CS(=O)(=O)N1CCC(n2cc(-c3n[nH]c4ccc(-c5ccccc5F)nc34)cn2)CC1. The second-order valence-electron chi connectivity index (χ2n) is 7.75. The highest BCUT2D eigenvalue weighted by Crippen LogP contribution is 2.30. The lowest BCUT2D eigenvalue weighted by Gasteiger charge is -2.30. The molecule has 0 radical (unpaired) electrons. The van der Waals surface area contributed by atoms with E-state index in [2.05, 4.69) is 20.3 Å². The molecule has 4 aromatic rings. The van der Waals surface area contributed by atoms with Gasteiger partial charge in [-0.1, -0.05) is 12.1 Å². The zero-order valence-corrected chi connectivity index (χ0v) is 17.7. The molecule has 1 aliphatic rings. The third kappa shape index (κ3) is 3.72. The minimum Gasteiger partial charge on any atom is -0.276 e. The standard InChI is InChI=1S/C21H21FN6O2S/c1-31(29,30)27-10-8-15(9-11-27)28-13-14(12-23-28)20-21-19(25-26-20)7-6-18(24-21)16-4-2-3-5-17(16)22/h2-7,12-13,15H,8-11H2,1H3,(H,25,26). The largest absolute Gasteiger partial charge is 0.276 e. The first-order valence-electron chi connectivity index (χ1n) is 10.00. The number of nitrogens with one attached hydrogen (secondary N) is 1. The Morgan fingerprint density at radius 1 is 1.13 bits per heavy atom. The molecule has 0 bridgehead atoms. The molecule has 1 N–H and O–H groups in total. The maximum absolute atomic E-state index is 14.2. The van der Waals surface area contributed by atoms with Gasteiger partial charge in [-0.3, -0.25) is 9.78 Å².